The first kappa shape index (κ1) is 11.4. The molecule has 0 aromatic carbocycles. The van der Waals surface area contributed by atoms with Gasteiger partial charge in [-0.05, 0) is 11.6 Å². The van der Waals surface area contributed by atoms with Crippen molar-refractivity contribution in [1.29, 1.82) is 0 Å². The number of nitrogen functional groups attached to an aromatic ring is 1. The van der Waals surface area contributed by atoms with E-state index in [0.717, 1.165) is 0 Å². The van der Waals surface area contributed by atoms with Gasteiger partial charge in [0.15, 0.2) is 0 Å². The summed E-state index contributed by atoms with van der Waals surface area (Å²) < 4.78 is 0. The molecule has 1 aromatic rings. The molecule has 0 radical (unpaired) electrons. The molecular formula is C7H11ClN6O. The molecule has 8 heteroatoms. The Morgan fingerprint density at radius 1 is 1.53 bits per heavy atom. The minimum Gasteiger partial charge on any atom is -0.368 e. The molecule has 0 unspecified atom stereocenters. The molecule has 0 saturated heterocycles. The highest BCUT2D eigenvalue weighted by Crippen LogP contribution is 2.09. The molecule has 82 valence electrons. The van der Waals surface area contributed by atoms with Crippen molar-refractivity contribution in [3.63, 3.8) is 0 Å². The Labute approximate surface area is 91.7 Å². The minimum atomic E-state index is -0.160. The van der Waals surface area contributed by atoms with E-state index in [4.69, 9.17) is 17.3 Å². The Morgan fingerprint density at radius 3 is 2.73 bits per heavy atom. The Morgan fingerprint density at radius 2 is 2.20 bits per heavy atom. The Bertz CT molecular complexity index is 350. The van der Waals surface area contributed by atoms with Gasteiger partial charge in [-0.25, -0.2) is 0 Å². The van der Waals surface area contributed by atoms with Crippen molar-refractivity contribution in [2.75, 3.05) is 31.3 Å². The number of likely N-dealkylation sites (N-methyl/N-ethyl adjacent to an activating group) is 2. The van der Waals surface area contributed by atoms with E-state index in [9.17, 15) is 4.79 Å². The second kappa shape index (κ2) is 4.74. The second-order valence-corrected chi connectivity index (χ2v) is 3.13. The van der Waals surface area contributed by atoms with Crippen molar-refractivity contribution in [3.05, 3.63) is 5.28 Å². The smallest absolute Gasteiger partial charge is 0.239 e. The van der Waals surface area contributed by atoms with E-state index in [0.29, 0.717) is 0 Å². The molecule has 0 atom stereocenters. The average molecular weight is 231 g/mol. The largest absolute Gasteiger partial charge is 0.368 e. The van der Waals surface area contributed by atoms with Crippen molar-refractivity contribution in [3.8, 4) is 0 Å². The third-order valence-electron chi connectivity index (χ3n) is 1.61. The average Bonchev–Trinajstić information content (AvgIpc) is 2.16. The molecule has 0 saturated carbocycles. The van der Waals surface area contributed by atoms with Gasteiger partial charge in [-0.3, -0.25) is 4.79 Å². The van der Waals surface area contributed by atoms with Crippen LogP contribution in [0.1, 0.15) is 0 Å². The molecule has 1 heterocycles. The molecule has 1 rings (SSSR count). The van der Waals surface area contributed by atoms with Crippen LogP contribution in [0.5, 0.6) is 0 Å². The number of aromatic nitrogens is 3. The van der Waals surface area contributed by atoms with Crippen molar-refractivity contribution in [2.45, 2.75) is 0 Å². The Hall–Kier alpha value is -1.63. The highest BCUT2D eigenvalue weighted by Gasteiger charge is 2.10. The summed E-state index contributed by atoms with van der Waals surface area (Å²) in [6, 6.07) is 0. The minimum absolute atomic E-state index is 0.00116. The van der Waals surface area contributed by atoms with E-state index in [-0.39, 0.29) is 29.6 Å². The van der Waals surface area contributed by atoms with Crippen LogP contribution in [0.15, 0.2) is 0 Å². The summed E-state index contributed by atoms with van der Waals surface area (Å²) in [6.07, 6.45) is 0. The van der Waals surface area contributed by atoms with Gasteiger partial charge in [0.1, 0.15) is 0 Å². The maximum atomic E-state index is 11.1. The first-order valence-corrected chi connectivity index (χ1v) is 4.49. The highest BCUT2D eigenvalue weighted by atomic mass is 35.5. The quantitative estimate of drug-likeness (QED) is 0.712. The molecular weight excluding hydrogens is 220 g/mol. The molecule has 15 heavy (non-hydrogen) atoms. The van der Waals surface area contributed by atoms with E-state index in [1.54, 1.807) is 14.1 Å². The second-order valence-electron chi connectivity index (χ2n) is 2.79. The third-order valence-corrected chi connectivity index (χ3v) is 1.78. The Kier molecular flexibility index (Phi) is 3.62. The molecule has 0 fully saturated rings. The number of nitrogens with zero attached hydrogens (tertiary/aromatic N) is 4. The first-order valence-electron chi connectivity index (χ1n) is 4.11. The van der Waals surface area contributed by atoms with E-state index in [1.807, 2.05) is 0 Å². The zero-order chi connectivity index (χ0) is 11.4. The van der Waals surface area contributed by atoms with Crippen LogP contribution in [0.3, 0.4) is 0 Å². The van der Waals surface area contributed by atoms with Crippen LogP contribution in [-0.4, -0.2) is 41.5 Å². The third kappa shape index (κ3) is 3.21. The summed E-state index contributed by atoms with van der Waals surface area (Å²) >= 11 is 5.60. The van der Waals surface area contributed by atoms with Crippen LogP contribution in [0.2, 0.25) is 5.28 Å². The summed E-state index contributed by atoms with van der Waals surface area (Å²) in [4.78, 5) is 23.9. The molecule has 0 bridgehead atoms. The number of nitrogens with one attached hydrogen (secondary N) is 1. The zero-order valence-corrected chi connectivity index (χ0v) is 9.12. The van der Waals surface area contributed by atoms with Crippen LogP contribution in [0.4, 0.5) is 11.9 Å². The predicted octanol–water partition coefficient (Wildman–Crippen LogP) is -0.711. The SMILES string of the molecule is CNC(=O)CN(C)c1nc(N)nc(Cl)n1. The normalized spacial score (nSPS) is 9.80. The number of amides is 1. The maximum absolute atomic E-state index is 11.1. The zero-order valence-electron chi connectivity index (χ0n) is 8.36. The molecule has 0 aliphatic heterocycles. The number of carbonyl (C=O) groups excluding carboxylic acids is 1. The molecule has 0 aliphatic carbocycles. The lowest BCUT2D eigenvalue weighted by Gasteiger charge is -2.15. The summed E-state index contributed by atoms with van der Waals surface area (Å²) in [5, 5.41) is 2.48. The standard InChI is InChI=1S/C7H11ClN6O/c1-10-4(15)3-14(2)7-12-5(8)11-6(9)13-7/h3H2,1-2H3,(H,10,15)(H2,9,11,12,13). The van der Waals surface area contributed by atoms with Crippen LogP contribution in [0.25, 0.3) is 0 Å². The lowest BCUT2D eigenvalue weighted by atomic mass is 10.5. The van der Waals surface area contributed by atoms with Gasteiger partial charge in [-0.1, -0.05) is 0 Å². The van der Waals surface area contributed by atoms with E-state index in [2.05, 4.69) is 20.3 Å². The van der Waals surface area contributed by atoms with E-state index >= 15 is 0 Å². The topological polar surface area (TPSA) is 97.0 Å². The summed E-state index contributed by atoms with van der Waals surface area (Å²) in [5.74, 6) is 0.123. The van der Waals surface area contributed by atoms with E-state index < -0.39 is 0 Å². The monoisotopic (exact) mass is 230 g/mol. The molecule has 0 aliphatic rings. The van der Waals surface area contributed by atoms with Crippen LogP contribution < -0.4 is 16.0 Å². The van der Waals surface area contributed by atoms with E-state index in [1.165, 1.54) is 4.90 Å². The van der Waals surface area contributed by atoms with Crippen molar-refractivity contribution in [2.24, 2.45) is 0 Å². The van der Waals surface area contributed by atoms with Gasteiger partial charge in [0.25, 0.3) is 0 Å². The summed E-state index contributed by atoms with van der Waals surface area (Å²) in [6.45, 7) is 0.121. The van der Waals surface area contributed by atoms with Gasteiger partial charge in [0.05, 0.1) is 6.54 Å². The number of nitrogens with two attached hydrogens (primary N) is 1. The molecule has 1 amide bonds. The summed E-state index contributed by atoms with van der Waals surface area (Å²) in [7, 11) is 3.20. The fourth-order valence-electron chi connectivity index (χ4n) is 0.890. The maximum Gasteiger partial charge on any atom is 0.239 e. The predicted molar refractivity (Wildman–Crippen MR) is 56.6 cm³/mol. The fraction of sp³-hybridized carbons (Fsp3) is 0.429. The molecule has 0 spiro atoms. The number of hydrogen-bond donors (Lipinski definition) is 2. The van der Waals surface area contributed by atoms with Crippen LogP contribution in [0, 0.1) is 0 Å². The lowest BCUT2D eigenvalue weighted by molar-refractivity contribution is -0.119. The molecule has 3 N–H and O–H groups in total. The van der Waals surface area contributed by atoms with Gasteiger partial charge in [0, 0.05) is 14.1 Å². The van der Waals surface area contributed by atoms with Gasteiger partial charge in [-0.2, -0.15) is 15.0 Å². The van der Waals surface area contributed by atoms with Gasteiger partial charge < -0.3 is 16.0 Å². The Balaban J connectivity index is 2.81. The number of anilines is 2. The fourth-order valence-corrected chi connectivity index (χ4v) is 1.05. The number of hydrogen-bond acceptors (Lipinski definition) is 6. The number of halogens is 1. The molecule has 7 nitrogen and oxygen atoms in total. The van der Waals surface area contributed by atoms with Crippen molar-refractivity contribution in [1.82, 2.24) is 20.3 Å². The van der Waals surface area contributed by atoms with Gasteiger partial charge >= 0.3 is 0 Å². The lowest BCUT2D eigenvalue weighted by Crippen LogP contribution is -2.34. The first-order chi connectivity index (χ1) is 7.02. The number of carbonyl (C=O) groups is 1. The highest BCUT2D eigenvalue weighted by molar-refractivity contribution is 6.28. The number of rotatable bonds is 3. The van der Waals surface area contributed by atoms with Crippen molar-refractivity contribution < 1.29 is 4.79 Å². The van der Waals surface area contributed by atoms with Gasteiger partial charge in [0.2, 0.25) is 23.1 Å². The van der Waals surface area contributed by atoms with Gasteiger partial charge in [-0.15, -0.1) is 0 Å². The molecule has 1 aromatic heterocycles. The van der Waals surface area contributed by atoms with Crippen molar-refractivity contribution >= 4 is 29.4 Å². The van der Waals surface area contributed by atoms with Crippen LogP contribution >= 0.6 is 11.6 Å². The summed E-state index contributed by atoms with van der Waals surface area (Å²) in [5.41, 5.74) is 5.39. The van der Waals surface area contributed by atoms with Crippen LogP contribution in [-0.2, 0) is 4.79 Å².